The smallest absolute Gasteiger partial charge is 0.263 e. The molecule has 0 aliphatic heterocycles. The maximum Gasteiger partial charge on any atom is 0.263 e. The summed E-state index contributed by atoms with van der Waals surface area (Å²) in [7, 11) is 0. The molecule has 2 nitrogen and oxygen atoms in total. The summed E-state index contributed by atoms with van der Waals surface area (Å²) in [5.74, 6) is 0. The molecule has 0 radical (unpaired) electrons. The summed E-state index contributed by atoms with van der Waals surface area (Å²) in [5.41, 5.74) is -0.561. The molecule has 16 heavy (non-hydrogen) atoms. The van der Waals surface area contributed by atoms with Crippen LogP contribution in [0.5, 0.6) is 0 Å². The molecule has 2 rings (SSSR count). The Kier molecular flexibility index (Phi) is 2.67. The fourth-order valence-corrected chi connectivity index (χ4v) is 2.29. The van der Waals surface area contributed by atoms with Crippen molar-refractivity contribution < 1.29 is 13.9 Å². The number of benzene rings is 1. The van der Waals surface area contributed by atoms with Crippen LogP contribution in [0.2, 0.25) is 0 Å². The minimum Gasteiger partial charge on any atom is -0.383 e. The molecule has 0 fully saturated rings. The van der Waals surface area contributed by atoms with Crippen LogP contribution in [-0.4, -0.2) is 10.1 Å². The molecule has 0 atom stereocenters. The summed E-state index contributed by atoms with van der Waals surface area (Å²) < 4.78 is 25.7. The summed E-state index contributed by atoms with van der Waals surface area (Å²) in [6.45, 7) is 3.25. The lowest BCUT2D eigenvalue weighted by Crippen LogP contribution is -2.14. The zero-order chi connectivity index (χ0) is 11.9. The largest absolute Gasteiger partial charge is 0.383 e. The van der Waals surface area contributed by atoms with Crippen molar-refractivity contribution in [3.05, 3.63) is 28.8 Å². The lowest BCUT2D eigenvalue weighted by Gasteiger charge is -2.11. The predicted molar refractivity (Wildman–Crippen MR) is 59.8 cm³/mol. The van der Waals surface area contributed by atoms with Crippen molar-refractivity contribution in [1.29, 1.82) is 0 Å². The summed E-state index contributed by atoms with van der Waals surface area (Å²) in [5, 5.41) is 10.3. The van der Waals surface area contributed by atoms with Crippen LogP contribution in [0.1, 0.15) is 30.8 Å². The fourth-order valence-electron chi connectivity index (χ4n) is 1.34. The Bertz CT molecular complexity index is 516. The third-order valence-electron chi connectivity index (χ3n) is 2.19. The number of fused-ring (bicyclic) bond motifs is 1. The second kappa shape index (κ2) is 3.75. The molecule has 1 aromatic heterocycles. The van der Waals surface area contributed by atoms with Crippen LogP contribution < -0.4 is 0 Å². The highest BCUT2D eigenvalue weighted by atomic mass is 32.1. The quantitative estimate of drug-likeness (QED) is 0.876. The van der Waals surface area contributed by atoms with E-state index in [-0.39, 0.29) is 5.56 Å². The third kappa shape index (κ3) is 2.05. The van der Waals surface area contributed by atoms with E-state index in [1.54, 1.807) is 19.9 Å². The lowest BCUT2D eigenvalue weighted by atomic mass is 10.1. The molecule has 1 heterocycles. The van der Waals surface area contributed by atoms with Gasteiger partial charge in [-0.1, -0.05) is 6.07 Å². The molecule has 0 aliphatic rings. The Hall–Kier alpha value is -1.07. The number of hydrogen-bond acceptors (Lipinski definition) is 3. The van der Waals surface area contributed by atoms with Gasteiger partial charge in [0.2, 0.25) is 0 Å². The minimum atomic E-state index is -2.49. The number of aliphatic hydroxyl groups is 1. The first-order chi connectivity index (χ1) is 7.38. The van der Waals surface area contributed by atoms with Gasteiger partial charge in [0.1, 0.15) is 10.6 Å². The van der Waals surface area contributed by atoms with Crippen molar-refractivity contribution >= 4 is 21.6 Å². The average molecular weight is 243 g/mol. The van der Waals surface area contributed by atoms with E-state index in [0.717, 1.165) is 4.70 Å². The van der Waals surface area contributed by atoms with Crippen molar-refractivity contribution in [2.45, 2.75) is 25.9 Å². The zero-order valence-electron chi connectivity index (χ0n) is 8.87. The van der Waals surface area contributed by atoms with Gasteiger partial charge >= 0.3 is 0 Å². The second-order valence-corrected chi connectivity index (χ2v) is 5.14. The van der Waals surface area contributed by atoms with Crippen LogP contribution in [0.3, 0.4) is 0 Å². The zero-order valence-corrected chi connectivity index (χ0v) is 9.68. The first kappa shape index (κ1) is 11.4. The maximum absolute atomic E-state index is 12.5. The molecule has 0 saturated carbocycles. The number of rotatable bonds is 2. The van der Waals surface area contributed by atoms with Gasteiger partial charge in [-0.2, -0.15) is 0 Å². The maximum atomic E-state index is 12.5. The Balaban J connectivity index is 2.54. The van der Waals surface area contributed by atoms with Crippen molar-refractivity contribution in [2.24, 2.45) is 0 Å². The van der Waals surface area contributed by atoms with Crippen LogP contribution in [0.15, 0.2) is 18.2 Å². The normalized spacial score (nSPS) is 12.6. The average Bonchev–Trinajstić information content (AvgIpc) is 2.58. The van der Waals surface area contributed by atoms with Crippen LogP contribution in [0.25, 0.3) is 10.2 Å². The van der Waals surface area contributed by atoms with E-state index in [9.17, 15) is 13.9 Å². The topological polar surface area (TPSA) is 33.1 Å². The van der Waals surface area contributed by atoms with Crippen molar-refractivity contribution in [3.63, 3.8) is 0 Å². The van der Waals surface area contributed by atoms with Gasteiger partial charge in [-0.3, -0.25) is 0 Å². The van der Waals surface area contributed by atoms with Gasteiger partial charge < -0.3 is 5.11 Å². The fraction of sp³-hybridized carbons (Fsp3) is 0.364. The van der Waals surface area contributed by atoms with Gasteiger partial charge in [-0.05, 0) is 26.0 Å². The van der Waals surface area contributed by atoms with Gasteiger partial charge in [-0.25, -0.2) is 13.8 Å². The summed E-state index contributed by atoms with van der Waals surface area (Å²) in [4.78, 5) is 4.16. The molecular weight excluding hydrogens is 232 g/mol. The highest BCUT2D eigenvalue weighted by Gasteiger charge is 2.21. The monoisotopic (exact) mass is 243 g/mol. The molecule has 86 valence electrons. The van der Waals surface area contributed by atoms with Crippen molar-refractivity contribution in [1.82, 2.24) is 4.98 Å². The molecular formula is C11H11F2NOS. The van der Waals surface area contributed by atoms with E-state index < -0.39 is 12.0 Å². The number of halogens is 2. The summed E-state index contributed by atoms with van der Waals surface area (Å²) in [6, 6.07) is 4.37. The Morgan fingerprint density at radius 2 is 2.06 bits per heavy atom. The first-order valence-electron chi connectivity index (χ1n) is 4.79. The molecule has 1 N–H and O–H groups in total. The Morgan fingerprint density at radius 3 is 2.62 bits per heavy atom. The third-order valence-corrected chi connectivity index (χ3v) is 3.54. The predicted octanol–water partition coefficient (Wildman–Crippen LogP) is 3.46. The molecule has 0 aliphatic carbocycles. The summed E-state index contributed by atoms with van der Waals surface area (Å²) in [6.07, 6.45) is -2.49. The van der Waals surface area contributed by atoms with E-state index in [2.05, 4.69) is 4.98 Å². The van der Waals surface area contributed by atoms with Gasteiger partial charge in [0, 0.05) is 5.56 Å². The van der Waals surface area contributed by atoms with Crippen LogP contribution in [0, 0.1) is 0 Å². The van der Waals surface area contributed by atoms with Crippen LogP contribution in [-0.2, 0) is 5.60 Å². The SMILES string of the molecule is CC(C)(O)c1nc2cc(C(F)F)ccc2s1. The van der Waals surface area contributed by atoms with Crippen molar-refractivity contribution in [2.75, 3.05) is 0 Å². The molecule has 0 amide bonds. The molecule has 2 aromatic rings. The molecule has 5 heteroatoms. The standard InChI is InChI=1S/C11H11F2NOS/c1-11(2,15)10-14-7-5-6(9(12)13)3-4-8(7)16-10/h3-5,9,15H,1-2H3. The number of nitrogens with zero attached hydrogens (tertiary/aromatic N) is 1. The number of thiazole rings is 1. The van der Waals surface area contributed by atoms with E-state index >= 15 is 0 Å². The Morgan fingerprint density at radius 1 is 1.38 bits per heavy atom. The lowest BCUT2D eigenvalue weighted by molar-refractivity contribution is 0.0785. The molecule has 1 aromatic carbocycles. The highest BCUT2D eigenvalue weighted by molar-refractivity contribution is 7.18. The van der Waals surface area contributed by atoms with E-state index in [1.165, 1.54) is 23.5 Å². The molecule has 0 unspecified atom stereocenters. The van der Waals surface area contributed by atoms with Gasteiger partial charge in [0.05, 0.1) is 10.2 Å². The first-order valence-corrected chi connectivity index (χ1v) is 5.61. The molecule has 0 saturated heterocycles. The van der Waals surface area contributed by atoms with E-state index in [0.29, 0.717) is 10.5 Å². The van der Waals surface area contributed by atoms with Crippen LogP contribution in [0.4, 0.5) is 8.78 Å². The highest BCUT2D eigenvalue weighted by Crippen LogP contribution is 2.31. The van der Waals surface area contributed by atoms with Crippen molar-refractivity contribution in [3.8, 4) is 0 Å². The second-order valence-electron chi connectivity index (χ2n) is 4.11. The Labute approximate surface area is 95.6 Å². The van der Waals surface area contributed by atoms with Gasteiger partial charge in [-0.15, -0.1) is 11.3 Å². The van der Waals surface area contributed by atoms with Gasteiger partial charge in [0.25, 0.3) is 6.43 Å². The summed E-state index contributed by atoms with van der Waals surface area (Å²) >= 11 is 1.32. The molecule has 0 bridgehead atoms. The molecule has 0 spiro atoms. The van der Waals surface area contributed by atoms with Crippen LogP contribution >= 0.6 is 11.3 Å². The number of hydrogen-bond donors (Lipinski definition) is 1. The number of aromatic nitrogens is 1. The van der Waals surface area contributed by atoms with E-state index in [4.69, 9.17) is 0 Å². The minimum absolute atomic E-state index is 0.0416. The number of alkyl halides is 2. The van der Waals surface area contributed by atoms with E-state index in [1.807, 2.05) is 0 Å². The van der Waals surface area contributed by atoms with Gasteiger partial charge in [0.15, 0.2) is 0 Å².